The SMILES string of the molecule is Cc1cc(C)n(CCCn2cn[nH]c2=S)n1. The zero-order chi connectivity index (χ0) is 11.5. The summed E-state index contributed by atoms with van der Waals surface area (Å²) >= 11 is 5.07. The summed E-state index contributed by atoms with van der Waals surface area (Å²) in [5.41, 5.74) is 2.27. The maximum Gasteiger partial charge on any atom is 0.194 e. The van der Waals surface area contributed by atoms with Gasteiger partial charge in [-0.3, -0.25) is 9.78 Å². The van der Waals surface area contributed by atoms with Gasteiger partial charge in [0.25, 0.3) is 0 Å². The van der Waals surface area contributed by atoms with Gasteiger partial charge in [-0.2, -0.15) is 10.2 Å². The molecule has 2 aromatic heterocycles. The summed E-state index contributed by atoms with van der Waals surface area (Å²) < 4.78 is 4.63. The molecule has 86 valence electrons. The molecule has 0 aliphatic rings. The minimum Gasteiger partial charge on any atom is -0.307 e. The molecule has 0 unspecified atom stereocenters. The van der Waals surface area contributed by atoms with Gasteiger partial charge in [0.2, 0.25) is 0 Å². The minimum atomic E-state index is 0.674. The van der Waals surface area contributed by atoms with Crippen molar-refractivity contribution in [2.45, 2.75) is 33.4 Å². The molecule has 16 heavy (non-hydrogen) atoms. The van der Waals surface area contributed by atoms with E-state index in [-0.39, 0.29) is 0 Å². The van der Waals surface area contributed by atoms with Crippen LogP contribution in [0.15, 0.2) is 12.4 Å². The fourth-order valence-electron chi connectivity index (χ4n) is 1.72. The van der Waals surface area contributed by atoms with Crippen molar-refractivity contribution in [2.75, 3.05) is 0 Å². The highest BCUT2D eigenvalue weighted by atomic mass is 32.1. The van der Waals surface area contributed by atoms with Crippen LogP contribution in [-0.4, -0.2) is 24.5 Å². The molecule has 0 fully saturated rings. The predicted molar refractivity (Wildman–Crippen MR) is 63.7 cm³/mol. The highest BCUT2D eigenvalue weighted by Crippen LogP contribution is 2.03. The molecule has 0 saturated carbocycles. The molecule has 0 radical (unpaired) electrons. The highest BCUT2D eigenvalue weighted by molar-refractivity contribution is 7.71. The number of aromatic nitrogens is 5. The van der Waals surface area contributed by atoms with Gasteiger partial charge in [-0.25, -0.2) is 0 Å². The van der Waals surface area contributed by atoms with Gasteiger partial charge in [0.05, 0.1) is 5.69 Å². The van der Waals surface area contributed by atoms with E-state index in [0.29, 0.717) is 4.77 Å². The van der Waals surface area contributed by atoms with E-state index in [9.17, 15) is 0 Å². The summed E-state index contributed by atoms with van der Waals surface area (Å²) in [7, 11) is 0. The van der Waals surface area contributed by atoms with Crippen molar-refractivity contribution in [3.63, 3.8) is 0 Å². The molecule has 0 aliphatic carbocycles. The van der Waals surface area contributed by atoms with Crippen LogP contribution in [0.2, 0.25) is 0 Å². The summed E-state index contributed by atoms with van der Waals surface area (Å²) in [5, 5.41) is 11.0. The van der Waals surface area contributed by atoms with Crippen LogP contribution in [0, 0.1) is 18.6 Å². The van der Waals surface area contributed by atoms with Gasteiger partial charge >= 0.3 is 0 Å². The molecule has 2 heterocycles. The first-order valence-corrected chi connectivity index (χ1v) is 5.68. The lowest BCUT2D eigenvalue weighted by Crippen LogP contribution is -2.06. The van der Waals surface area contributed by atoms with Gasteiger partial charge in [0, 0.05) is 18.8 Å². The average molecular weight is 237 g/mol. The lowest BCUT2D eigenvalue weighted by Gasteiger charge is -2.04. The first-order valence-electron chi connectivity index (χ1n) is 5.27. The largest absolute Gasteiger partial charge is 0.307 e. The van der Waals surface area contributed by atoms with Gasteiger partial charge in [-0.15, -0.1) is 0 Å². The van der Waals surface area contributed by atoms with Crippen molar-refractivity contribution in [2.24, 2.45) is 0 Å². The summed E-state index contributed by atoms with van der Waals surface area (Å²) in [5.74, 6) is 0. The fraction of sp³-hybridized carbons (Fsp3) is 0.500. The molecule has 0 aromatic carbocycles. The third-order valence-corrected chi connectivity index (χ3v) is 2.82. The minimum absolute atomic E-state index is 0.674. The smallest absolute Gasteiger partial charge is 0.194 e. The molecule has 0 spiro atoms. The van der Waals surface area contributed by atoms with E-state index in [2.05, 4.69) is 28.3 Å². The highest BCUT2D eigenvalue weighted by Gasteiger charge is 2.00. The first kappa shape index (κ1) is 11.1. The summed E-state index contributed by atoms with van der Waals surface area (Å²) in [6, 6.07) is 2.09. The standard InChI is InChI=1S/C10H15N5S/c1-8-6-9(2)15(13-8)5-3-4-14-7-11-12-10(14)16/h6-7H,3-5H2,1-2H3,(H,12,16). The number of nitrogens with zero attached hydrogens (tertiary/aromatic N) is 4. The van der Waals surface area contributed by atoms with Crippen LogP contribution >= 0.6 is 12.2 Å². The Morgan fingerprint density at radius 3 is 2.75 bits per heavy atom. The molecule has 0 atom stereocenters. The van der Waals surface area contributed by atoms with E-state index in [0.717, 1.165) is 25.2 Å². The van der Waals surface area contributed by atoms with Gasteiger partial charge in [-0.05, 0) is 38.6 Å². The van der Waals surface area contributed by atoms with E-state index in [4.69, 9.17) is 12.2 Å². The van der Waals surface area contributed by atoms with E-state index in [1.807, 2.05) is 16.2 Å². The number of rotatable bonds is 4. The number of aryl methyl sites for hydroxylation is 4. The second-order valence-corrected chi connectivity index (χ2v) is 4.25. The third-order valence-electron chi connectivity index (χ3n) is 2.49. The first-order chi connectivity index (χ1) is 7.66. The predicted octanol–water partition coefficient (Wildman–Crippen LogP) is 1.84. The molecule has 0 bridgehead atoms. The second kappa shape index (κ2) is 4.61. The number of hydrogen-bond acceptors (Lipinski definition) is 3. The van der Waals surface area contributed by atoms with Gasteiger partial charge in [-0.1, -0.05) is 0 Å². The number of aromatic amines is 1. The molecule has 0 amide bonds. The molecular formula is C10H15N5S. The van der Waals surface area contributed by atoms with Crippen molar-refractivity contribution in [3.8, 4) is 0 Å². The third kappa shape index (κ3) is 2.38. The van der Waals surface area contributed by atoms with Crippen molar-refractivity contribution in [3.05, 3.63) is 28.6 Å². The van der Waals surface area contributed by atoms with Crippen LogP contribution in [0.3, 0.4) is 0 Å². The topological polar surface area (TPSA) is 51.4 Å². The Kier molecular flexibility index (Phi) is 3.19. The number of hydrogen-bond donors (Lipinski definition) is 1. The number of H-pyrrole nitrogens is 1. The van der Waals surface area contributed by atoms with Crippen LogP contribution in [0.4, 0.5) is 0 Å². The van der Waals surface area contributed by atoms with Crippen molar-refractivity contribution in [1.29, 1.82) is 0 Å². The summed E-state index contributed by atoms with van der Waals surface area (Å²) in [6.07, 6.45) is 2.72. The zero-order valence-corrected chi connectivity index (χ0v) is 10.3. The van der Waals surface area contributed by atoms with E-state index >= 15 is 0 Å². The Balaban J connectivity index is 1.91. The summed E-state index contributed by atoms with van der Waals surface area (Å²) in [4.78, 5) is 0. The maximum atomic E-state index is 5.07. The van der Waals surface area contributed by atoms with Crippen molar-refractivity contribution in [1.82, 2.24) is 24.5 Å². The number of nitrogens with one attached hydrogen (secondary N) is 1. The van der Waals surface area contributed by atoms with Crippen LogP contribution in [0.25, 0.3) is 0 Å². The molecule has 0 saturated heterocycles. The van der Waals surface area contributed by atoms with E-state index in [1.165, 1.54) is 5.69 Å². The van der Waals surface area contributed by atoms with Gasteiger partial charge in [0.15, 0.2) is 4.77 Å². The fourth-order valence-corrected chi connectivity index (χ4v) is 1.91. The van der Waals surface area contributed by atoms with Crippen LogP contribution in [0.1, 0.15) is 17.8 Å². The van der Waals surface area contributed by atoms with Crippen LogP contribution < -0.4 is 0 Å². The second-order valence-electron chi connectivity index (χ2n) is 3.86. The maximum absolute atomic E-state index is 5.07. The Labute approximate surface area is 99.1 Å². The van der Waals surface area contributed by atoms with E-state index < -0.39 is 0 Å². The average Bonchev–Trinajstić information content (AvgIpc) is 2.75. The molecule has 6 heteroatoms. The lowest BCUT2D eigenvalue weighted by molar-refractivity contribution is 0.513. The normalized spacial score (nSPS) is 10.9. The Hall–Kier alpha value is -1.43. The van der Waals surface area contributed by atoms with E-state index in [1.54, 1.807) is 6.33 Å². The lowest BCUT2D eigenvalue weighted by atomic mass is 10.4. The Morgan fingerprint density at radius 1 is 1.38 bits per heavy atom. The molecule has 0 aliphatic heterocycles. The van der Waals surface area contributed by atoms with Crippen LogP contribution in [0.5, 0.6) is 0 Å². The Morgan fingerprint density at radius 2 is 2.19 bits per heavy atom. The molecule has 5 nitrogen and oxygen atoms in total. The molecule has 1 N–H and O–H groups in total. The summed E-state index contributed by atoms with van der Waals surface area (Å²) in [6.45, 7) is 5.86. The molecule has 2 rings (SSSR count). The van der Waals surface area contributed by atoms with Gasteiger partial charge < -0.3 is 4.57 Å². The van der Waals surface area contributed by atoms with Crippen molar-refractivity contribution >= 4 is 12.2 Å². The Bertz CT molecular complexity index is 521. The zero-order valence-electron chi connectivity index (χ0n) is 9.47. The van der Waals surface area contributed by atoms with Crippen LogP contribution in [-0.2, 0) is 13.1 Å². The van der Waals surface area contributed by atoms with Crippen molar-refractivity contribution < 1.29 is 0 Å². The van der Waals surface area contributed by atoms with Gasteiger partial charge in [0.1, 0.15) is 6.33 Å². The quantitative estimate of drug-likeness (QED) is 0.826. The molecular weight excluding hydrogens is 222 g/mol. The monoisotopic (exact) mass is 237 g/mol. The molecule has 2 aromatic rings.